The Morgan fingerprint density at radius 3 is 1.67 bits per heavy atom. The Balaban J connectivity index is 0. The van der Waals surface area contributed by atoms with Crippen molar-refractivity contribution in [2.45, 2.75) is 59.3 Å². The first kappa shape index (κ1) is 17.6. The van der Waals surface area contributed by atoms with Gasteiger partial charge in [0.15, 0.2) is 0 Å². The molecule has 0 atom stereocenters. The molecule has 0 amide bonds. The fourth-order valence-electron chi connectivity index (χ4n) is 1.38. The Labute approximate surface area is 102 Å². The lowest BCUT2D eigenvalue weighted by atomic mass is 10.3. The topological polar surface area (TPSA) is 15.3 Å². The smallest absolute Gasteiger partial charge is 0.0130 e. The monoisotopic (exact) mass is 236 g/mol. The van der Waals surface area contributed by atoms with Crippen LogP contribution in [0.4, 0.5) is 0 Å². The summed E-state index contributed by atoms with van der Waals surface area (Å²) >= 11 is 0. The van der Waals surface area contributed by atoms with Gasteiger partial charge in [-0.05, 0) is 19.3 Å². The SMILES string of the molecule is CCCCNN(CCCC)CCCC.Cl. The summed E-state index contributed by atoms with van der Waals surface area (Å²) < 4.78 is 0. The zero-order valence-corrected chi connectivity index (χ0v) is 11.5. The van der Waals surface area contributed by atoms with Crippen LogP contribution < -0.4 is 5.43 Å². The molecule has 1 N–H and O–H groups in total. The van der Waals surface area contributed by atoms with Crippen molar-refractivity contribution in [3.8, 4) is 0 Å². The largest absolute Gasteiger partial charge is 0.255 e. The number of rotatable bonds is 10. The number of nitrogens with zero attached hydrogens (tertiary/aromatic N) is 1. The molecule has 0 aliphatic heterocycles. The van der Waals surface area contributed by atoms with E-state index in [9.17, 15) is 0 Å². The Hall–Kier alpha value is 0.210. The van der Waals surface area contributed by atoms with Crippen LogP contribution in [0, 0.1) is 0 Å². The summed E-state index contributed by atoms with van der Waals surface area (Å²) in [6, 6.07) is 0. The van der Waals surface area contributed by atoms with Gasteiger partial charge in [0, 0.05) is 19.6 Å². The summed E-state index contributed by atoms with van der Waals surface area (Å²) in [6.07, 6.45) is 7.76. The van der Waals surface area contributed by atoms with E-state index in [1.165, 1.54) is 51.6 Å². The van der Waals surface area contributed by atoms with Gasteiger partial charge in [0.2, 0.25) is 0 Å². The van der Waals surface area contributed by atoms with E-state index in [1.54, 1.807) is 0 Å². The maximum atomic E-state index is 3.52. The van der Waals surface area contributed by atoms with Crippen molar-refractivity contribution in [3.05, 3.63) is 0 Å². The first-order valence-electron chi connectivity index (χ1n) is 6.33. The van der Waals surface area contributed by atoms with Gasteiger partial charge in [-0.3, -0.25) is 5.43 Å². The average molecular weight is 237 g/mol. The zero-order chi connectivity index (χ0) is 10.6. The maximum absolute atomic E-state index is 3.52. The second kappa shape index (κ2) is 14.2. The highest BCUT2D eigenvalue weighted by Crippen LogP contribution is 1.96. The number of nitrogens with one attached hydrogen (secondary N) is 1. The van der Waals surface area contributed by atoms with Crippen LogP contribution in [0.5, 0.6) is 0 Å². The molecule has 0 fully saturated rings. The highest BCUT2D eigenvalue weighted by Gasteiger charge is 2.01. The van der Waals surface area contributed by atoms with Gasteiger partial charge in [-0.1, -0.05) is 40.0 Å². The van der Waals surface area contributed by atoms with Gasteiger partial charge >= 0.3 is 0 Å². The standard InChI is InChI=1S/C12H28N2.ClH/c1-4-7-10-13-14(11-8-5-2)12-9-6-3;/h13H,4-12H2,1-3H3;1H. The van der Waals surface area contributed by atoms with Gasteiger partial charge < -0.3 is 0 Å². The van der Waals surface area contributed by atoms with Gasteiger partial charge in [-0.15, -0.1) is 12.4 Å². The second-order valence-electron chi connectivity index (χ2n) is 3.96. The summed E-state index contributed by atoms with van der Waals surface area (Å²) in [5, 5.41) is 2.41. The quantitative estimate of drug-likeness (QED) is 0.461. The van der Waals surface area contributed by atoms with E-state index in [0.29, 0.717) is 0 Å². The molecule has 15 heavy (non-hydrogen) atoms. The summed E-state index contributed by atoms with van der Waals surface area (Å²) in [7, 11) is 0. The van der Waals surface area contributed by atoms with Crippen molar-refractivity contribution in [2.75, 3.05) is 19.6 Å². The molecule has 0 aromatic rings. The van der Waals surface area contributed by atoms with Crippen LogP contribution in [-0.4, -0.2) is 24.6 Å². The van der Waals surface area contributed by atoms with Crippen LogP contribution in [0.3, 0.4) is 0 Å². The van der Waals surface area contributed by atoms with Gasteiger partial charge in [0.05, 0.1) is 0 Å². The van der Waals surface area contributed by atoms with Crippen molar-refractivity contribution in [1.82, 2.24) is 10.4 Å². The van der Waals surface area contributed by atoms with Crippen molar-refractivity contribution < 1.29 is 0 Å². The van der Waals surface area contributed by atoms with Crippen LogP contribution in [0.15, 0.2) is 0 Å². The first-order valence-corrected chi connectivity index (χ1v) is 6.33. The zero-order valence-electron chi connectivity index (χ0n) is 10.7. The number of hydrogen-bond acceptors (Lipinski definition) is 2. The van der Waals surface area contributed by atoms with E-state index in [2.05, 4.69) is 31.2 Å². The van der Waals surface area contributed by atoms with Crippen LogP contribution in [0.25, 0.3) is 0 Å². The van der Waals surface area contributed by atoms with Gasteiger partial charge in [-0.25, -0.2) is 5.01 Å². The van der Waals surface area contributed by atoms with Gasteiger partial charge in [-0.2, -0.15) is 0 Å². The molecule has 0 bridgehead atoms. The van der Waals surface area contributed by atoms with E-state index >= 15 is 0 Å². The molecule has 0 spiro atoms. The van der Waals surface area contributed by atoms with E-state index in [4.69, 9.17) is 0 Å². The average Bonchev–Trinajstić information content (AvgIpc) is 2.21. The van der Waals surface area contributed by atoms with Crippen molar-refractivity contribution in [3.63, 3.8) is 0 Å². The van der Waals surface area contributed by atoms with E-state index in [1.807, 2.05) is 0 Å². The summed E-state index contributed by atoms with van der Waals surface area (Å²) in [6.45, 7) is 10.3. The first-order chi connectivity index (χ1) is 6.85. The second-order valence-corrected chi connectivity index (χ2v) is 3.96. The lowest BCUT2D eigenvalue weighted by molar-refractivity contribution is 0.181. The van der Waals surface area contributed by atoms with Gasteiger partial charge in [0.1, 0.15) is 0 Å². The predicted octanol–water partition coefficient (Wildman–Crippen LogP) is 3.62. The molecule has 0 radical (unpaired) electrons. The molecule has 0 aromatic heterocycles. The molecule has 94 valence electrons. The van der Waals surface area contributed by atoms with Crippen LogP contribution in [0.1, 0.15) is 59.3 Å². The van der Waals surface area contributed by atoms with Crippen LogP contribution >= 0.6 is 12.4 Å². The van der Waals surface area contributed by atoms with E-state index in [0.717, 1.165) is 6.54 Å². The molecular formula is C12H29ClN2. The number of halogens is 1. The van der Waals surface area contributed by atoms with E-state index < -0.39 is 0 Å². The Morgan fingerprint density at radius 1 is 0.800 bits per heavy atom. The molecule has 0 rings (SSSR count). The third-order valence-electron chi connectivity index (χ3n) is 2.43. The summed E-state index contributed by atoms with van der Waals surface area (Å²) in [5.41, 5.74) is 3.52. The molecular weight excluding hydrogens is 208 g/mol. The predicted molar refractivity (Wildman–Crippen MR) is 71.5 cm³/mol. The number of hydrogen-bond donors (Lipinski definition) is 1. The Morgan fingerprint density at radius 2 is 1.27 bits per heavy atom. The molecule has 0 aromatic carbocycles. The fourth-order valence-corrected chi connectivity index (χ4v) is 1.38. The molecule has 0 unspecified atom stereocenters. The van der Waals surface area contributed by atoms with E-state index in [-0.39, 0.29) is 12.4 Å². The molecule has 3 heteroatoms. The fraction of sp³-hybridized carbons (Fsp3) is 1.00. The molecule has 0 heterocycles. The van der Waals surface area contributed by atoms with Crippen LogP contribution in [0.2, 0.25) is 0 Å². The van der Waals surface area contributed by atoms with Crippen molar-refractivity contribution in [2.24, 2.45) is 0 Å². The third-order valence-corrected chi connectivity index (χ3v) is 2.43. The molecule has 0 saturated carbocycles. The Kier molecular flexibility index (Phi) is 16.7. The Bertz CT molecular complexity index is 102. The number of unbranched alkanes of at least 4 members (excludes halogenated alkanes) is 3. The molecule has 0 aliphatic carbocycles. The highest BCUT2D eigenvalue weighted by atomic mass is 35.5. The lowest BCUT2D eigenvalue weighted by Gasteiger charge is -2.22. The lowest BCUT2D eigenvalue weighted by Crippen LogP contribution is -2.39. The minimum Gasteiger partial charge on any atom is -0.255 e. The normalized spacial score (nSPS) is 10.4. The minimum atomic E-state index is 0. The molecule has 0 saturated heterocycles. The highest BCUT2D eigenvalue weighted by molar-refractivity contribution is 5.85. The molecule has 0 aliphatic rings. The van der Waals surface area contributed by atoms with Crippen molar-refractivity contribution in [1.29, 1.82) is 0 Å². The summed E-state index contributed by atoms with van der Waals surface area (Å²) in [4.78, 5) is 0. The molecule has 2 nitrogen and oxygen atoms in total. The number of hydrazine groups is 1. The third kappa shape index (κ3) is 12.1. The van der Waals surface area contributed by atoms with Crippen LogP contribution in [-0.2, 0) is 0 Å². The van der Waals surface area contributed by atoms with Crippen molar-refractivity contribution >= 4 is 12.4 Å². The minimum absolute atomic E-state index is 0. The van der Waals surface area contributed by atoms with Gasteiger partial charge in [0.25, 0.3) is 0 Å². The summed E-state index contributed by atoms with van der Waals surface area (Å²) in [5.74, 6) is 0. The maximum Gasteiger partial charge on any atom is 0.0130 e.